The molecule has 122 valence electrons. The van der Waals surface area contributed by atoms with Crippen molar-refractivity contribution in [1.82, 2.24) is 14.8 Å². The number of rotatable bonds is 2. The van der Waals surface area contributed by atoms with Crippen molar-refractivity contribution in [3.63, 3.8) is 0 Å². The fourth-order valence-electron chi connectivity index (χ4n) is 3.06. The lowest BCUT2D eigenvalue weighted by Gasteiger charge is -2.32. The summed E-state index contributed by atoms with van der Waals surface area (Å²) in [6.07, 6.45) is 2.02. The smallest absolute Gasteiger partial charge is 0.222 e. The van der Waals surface area contributed by atoms with Crippen LogP contribution in [0.5, 0.6) is 0 Å². The van der Waals surface area contributed by atoms with Crippen molar-refractivity contribution in [3.05, 3.63) is 76.0 Å². The average molecular weight is 391 g/mol. The third-order valence-corrected chi connectivity index (χ3v) is 4.71. The predicted octanol–water partition coefficient (Wildman–Crippen LogP) is 4.47. The molecule has 0 bridgehead atoms. The van der Waals surface area contributed by atoms with E-state index in [1.54, 1.807) is 28.9 Å². The molecule has 1 aliphatic rings. The molecule has 2 aromatic carbocycles. The van der Waals surface area contributed by atoms with Gasteiger partial charge in [-0.2, -0.15) is 10.1 Å². The highest BCUT2D eigenvalue weighted by Crippen LogP contribution is 2.38. The monoisotopic (exact) mass is 390 g/mol. The Labute approximate surface area is 145 Å². The number of hydrogen-bond acceptors (Lipinski definition) is 3. The molecular formula is C17H13BrF2N4. The first-order chi connectivity index (χ1) is 11.6. The first-order valence-corrected chi connectivity index (χ1v) is 8.27. The summed E-state index contributed by atoms with van der Waals surface area (Å²) in [5.41, 5.74) is 1.47. The van der Waals surface area contributed by atoms with Crippen LogP contribution in [0, 0.1) is 11.6 Å². The Bertz CT molecular complexity index is 879. The van der Waals surface area contributed by atoms with Crippen molar-refractivity contribution >= 4 is 21.9 Å². The van der Waals surface area contributed by atoms with Gasteiger partial charge in [0.25, 0.3) is 0 Å². The Morgan fingerprint density at radius 3 is 2.71 bits per heavy atom. The van der Waals surface area contributed by atoms with Gasteiger partial charge in [-0.25, -0.2) is 13.5 Å². The number of aromatic nitrogens is 3. The van der Waals surface area contributed by atoms with Crippen LogP contribution in [0.4, 0.5) is 14.7 Å². The van der Waals surface area contributed by atoms with E-state index in [9.17, 15) is 8.78 Å². The van der Waals surface area contributed by atoms with Gasteiger partial charge in [-0.05, 0) is 42.3 Å². The van der Waals surface area contributed by atoms with E-state index in [-0.39, 0.29) is 23.7 Å². The van der Waals surface area contributed by atoms with Crippen molar-refractivity contribution in [2.24, 2.45) is 0 Å². The molecule has 2 unspecified atom stereocenters. The molecule has 1 aromatic heterocycles. The van der Waals surface area contributed by atoms with Crippen LogP contribution in [0.3, 0.4) is 0 Å². The van der Waals surface area contributed by atoms with Gasteiger partial charge in [0.15, 0.2) is 0 Å². The molecule has 0 aliphatic carbocycles. The maximum atomic E-state index is 14.4. The molecule has 0 fully saturated rings. The number of halogens is 3. The number of hydrogen-bond donors (Lipinski definition) is 1. The van der Waals surface area contributed by atoms with Gasteiger partial charge in [0, 0.05) is 10.0 Å². The van der Waals surface area contributed by atoms with Crippen molar-refractivity contribution in [2.45, 2.75) is 18.5 Å². The highest BCUT2D eigenvalue weighted by molar-refractivity contribution is 9.10. The molecule has 4 nitrogen and oxygen atoms in total. The van der Waals surface area contributed by atoms with Crippen LogP contribution in [0.1, 0.15) is 29.6 Å². The number of anilines is 1. The van der Waals surface area contributed by atoms with Crippen LogP contribution in [0.15, 0.2) is 53.3 Å². The SMILES string of the molecule is Fc1ccc(C2CC(c3cc(Br)ccc3F)n3ncnc3N2)cc1. The van der Waals surface area contributed by atoms with Crippen LogP contribution >= 0.6 is 15.9 Å². The van der Waals surface area contributed by atoms with E-state index in [4.69, 9.17) is 0 Å². The second-order valence-electron chi connectivity index (χ2n) is 5.69. The molecule has 0 saturated carbocycles. The Morgan fingerprint density at radius 2 is 1.92 bits per heavy atom. The molecule has 3 aromatic rings. The highest BCUT2D eigenvalue weighted by atomic mass is 79.9. The molecule has 2 heterocycles. The molecule has 24 heavy (non-hydrogen) atoms. The summed E-state index contributed by atoms with van der Waals surface area (Å²) in [4.78, 5) is 4.21. The van der Waals surface area contributed by atoms with Crippen molar-refractivity contribution in [2.75, 3.05) is 5.32 Å². The minimum atomic E-state index is -0.295. The summed E-state index contributed by atoms with van der Waals surface area (Å²) in [7, 11) is 0. The summed E-state index contributed by atoms with van der Waals surface area (Å²) >= 11 is 3.39. The van der Waals surface area contributed by atoms with E-state index < -0.39 is 0 Å². The zero-order chi connectivity index (χ0) is 16.7. The summed E-state index contributed by atoms with van der Waals surface area (Å²) in [6.45, 7) is 0. The van der Waals surface area contributed by atoms with Gasteiger partial charge in [-0.3, -0.25) is 0 Å². The Morgan fingerprint density at radius 1 is 1.12 bits per heavy atom. The quantitative estimate of drug-likeness (QED) is 0.701. The van der Waals surface area contributed by atoms with Gasteiger partial charge >= 0.3 is 0 Å². The third kappa shape index (κ3) is 2.69. The van der Waals surface area contributed by atoms with E-state index >= 15 is 0 Å². The maximum Gasteiger partial charge on any atom is 0.222 e. The van der Waals surface area contributed by atoms with E-state index in [1.165, 1.54) is 24.5 Å². The lowest BCUT2D eigenvalue weighted by Crippen LogP contribution is -2.28. The van der Waals surface area contributed by atoms with Crippen LogP contribution in [-0.2, 0) is 0 Å². The van der Waals surface area contributed by atoms with Gasteiger partial charge in [0.2, 0.25) is 5.95 Å². The topological polar surface area (TPSA) is 42.7 Å². The average Bonchev–Trinajstić information content (AvgIpc) is 3.05. The largest absolute Gasteiger partial charge is 0.348 e. The number of nitrogens with zero attached hydrogens (tertiary/aromatic N) is 3. The van der Waals surface area contributed by atoms with E-state index in [0.29, 0.717) is 17.9 Å². The molecule has 0 saturated heterocycles. The van der Waals surface area contributed by atoms with E-state index in [1.807, 2.05) is 0 Å². The molecule has 1 N–H and O–H groups in total. The Balaban J connectivity index is 1.76. The molecule has 0 amide bonds. The van der Waals surface area contributed by atoms with Crippen molar-refractivity contribution in [3.8, 4) is 0 Å². The zero-order valence-corrected chi connectivity index (χ0v) is 14.0. The predicted molar refractivity (Wildman–Crippen MR) is 89.6 cm³/mol. The molecule has 2 atom stereocenters. The molecular weight excluding hydrogens is 378 g/mol. The van der Waals surface area contributed by atoms with Crippen LogP contribution in [-0.4, -0.2) is 14.8 Å². The highest BCUT2D eigenvalue weighted by Gasteiger charge is 2.31. The first kappa shape index (κ1) is 15.3. The maximum absolute atomic E-state index is 14.4. The first-order valence-electron chi connectivity index (χ1n) is 7.48. The van der Waals surface area contributed by atoms with Crippen LogP contribution < -0.4 is 5.32 Å². The Hall–Kier alpha value is -2.28. The molecule has 4 rings (SSSR count). The standard InChI is InChI=1S/C17H13BrF2N4/c18-11-3-6-14(20)13(7-11)16-8-15(10-1-4-12(19)5-2-10)23-17-21-9-22-24(16)17/h1-7,9,15-16H,8H2,(H,21,22,23). The Kier molecular flexibility index (Phi) is 3.80. The molecule has 7 heteroatoms. The second kappa shape index (κ2) is 5.98. The van der Waals surface area contributed by atoms with Gasteiger partial charge in [0.05, 0.1) is 12.1 Å². The summed E-state index contributed by atoms with van der Waals surface area (Å²) in [5.74, 6) is -0.00309. The summed E-state index contributed by atoms with van der Waals surface area (Å²) in [6, 6.07) is 10.8. The van der Waals surface area contributed by atoms with Gasteiger partial charge in [-0.15, -0.1) is 0 Å². The second-order valence-corrected chi connectivity index (χ2v) is 6.61. The minimum Gasteiger partial charge on any atom is -0.348 e. The summed E-state index contributed by atoms with van der Waals surface area (Å²) < 4.78 is 30.1. The number of nitrogens with one attached hydrogen (secondary N) is 1. The summed E-state index contributed by atoms with van der Waals surface area (Å²) in [5, 5.41) is 7.51. The van der Waals surface area contributed by atoms with Gasteiger partial charge < -0.3 is 5.32 Å². The van der Waals surface area contributed by atoms with E-state index in [0.717, 1.165) is 10.0 Å². The zero-order valence-electron chi connectivity index (χ0n) is 12.5. The lowest BCUT2D eigenvalue weighted by atomic mass is 9.93. The minimum absolute atomic E-state index is 0.106. The third-order valence-electron chi connectivity index (χ3n) is 4.22. The molecule has 0 spiro atoms. The molecule has 1 aliphatic heterocycles. The fraction of sp³-hybridized carbons (Fsp3) is 0.176. The van der Waals surface area contributed by atoms with Crippen LogP contribution in [0.2, 0.25) is 0 Å². The van der Waals surface area contributed by atoms with Gasteiger partial charge in [0.1, 0.15) is 18.0 Å². The van der Waals surface area contributed by atoms with Crippen molar-refractivity contribution < 1.29 is 8.78 Å². The van der Waals surface area contributed by atoms with Gasteiger partial charge in [-0.1, -0.05) is 28.1 Å². The van der Waals surface area contributed by atoms with E-state index in [2.05, 4.69) is 31.3 Å². The molecule has 0 radical (unpaired) electrons. The lowest BCUT2D eigenvalue weighted by molar-refractivity contribution is 0.415. The number of fused-ring (bicyclic) bond motifs is 1. The normalized spacial score (nSPS) is 19.6. The number of benzene rings is 2. The fourth-order valence-corrected chi connectivity index (χ4v) is 3.44. The van der Waals surface area contributed by atoms with Crippen LogP contribution in [0.25, 0.3) is 0 Å². The van der Waals surface area contributed by atoms with Crippen molar-refractivity contribution in [1.29, 1.82) is 0 Å².